The van der Waals surface area contributed by atoms with E-state index in [4.69, 9.17) is 0 Å². The average Bonchev–Trinajstić information content (AvgIpc) is 1.59. The molecule has 2 nitrogen and oxygen atoms in total. The minimum atomic E-state index is -1.28. The molecular weight excluding hydrogens is 144 g/mol. The molecule has 0 aromatic rings. The Kier molecular flexibility index (Phi) is 3.36. The van der Waals surface area contributed by atoms with Gasteiger partial charge in [0.15, 0.2) is 0 Å². The summed E-state index contributed by atoms with van der Waals surface area (Å²) in [5.41, 5.74) is 0. The van der Waals surface area contributed by atoms with Crippen LogP contribution in [0.1, 0.15) is 0 Å². The molecule has 0 rings (SSSR count). The van der Waals surface area contributed by atoms with Crippen molar-refractivity contribution in [3.05, 3.63) is 12.8 Å². The van der Waals surface area contributed by atoms with Crippen molar-refractivity contribution in [3.63, 3.8) is 0 Å². The SMILES string of the molecule is C=COC(=O)C[Si](C)(C)C. The van der Waals surface area contributed by atoms with Crippen LogP contribution in [0.5, 0.6) is 0 Å². The second-order valence-electron chi connectivity index (χ2n) is 3.39. The topological polar surface area (TPSA) is 26.3 Å². The molecule has 0 radical (unpaired) electrons. The molecule has 0 aliphatic rings. The van der Waals surface area contributed by atoms with Crippen LogP contribution >= 0.6 is 0 Å². The molecule has 58 valence electrons. The zero-order valence-corrected chi connectivity index (χ0v) is 7.81. The van der Waals surface area contributed by atoms with Gasteiger partial charge in [0.05, 0.1) is 14.3 Å². The van der Waals surface area contributed by atoms with Crippen LogP contribution in [0.3, 0.4) is 0 Å². The Labute approximate surface area is 62.9 Å². The van der Waals surface area contributed by atoms with Gasteiger partial charge in [0.1, 0.15) is 0 Å². The van der Waals surface area contributed by atoms with E-state index in [1.165, 1.54) is 6.26 Å². The Bertz CT molecular complexity index is 135. The van der Waals surface area contributed by atoms with E-state index in [1.807, 2.05) is 0 Å². The molecular formula is C7H14O2Si. The predicted molar refractivity (Wildman–Crippen MR) is 44.4 cm³/mol. The van der Waals surface area contributed by atoms with E-state index in [2.05, 4.69) is 31.0 Å². The number of hydrogen-bond donors (Lipinski definition) is 0. The third kappa shape index (κ3) is 5.56. The van der Waals surface area contributed by atoms with Crippen molar-refractivity contribution in [1.29, 1.82) is 0 Å². The van der Waals surface area contributed by atoms with Gasteiger partial charge in [-0.1, -0.05) is 26.2 Å². The molecule has 0 bridgehead atoms. The van der Waals surface area contributed by atoms with Crippen molar-refractivity contribution in [1.82, 2.24) is 0 Å². The lowest BCUT2D eigenvalue weighted by molar-refractivity contribution is -0.135. The molecule has 0 unspecified atom stereocenters. The fourth-order valence-corrected chi connectivity index (χ4v) is 1.52. The molecule has 0 aromatic carbocycles. The van der Waals surface area contributed by atoms with Gasteiger partial charge in [-0.2, -0.15) is 0 Å². The van der Waals surface area contributed by atoms with Crippen LogP contribution in [-0.2, 0) is 9.53 Å². The Morgan fingerprint density at radius 2 is 2.10 bits per heavy atom. The van der Waals surface area contributed by atoms with Crippen LogP contribution in [0.15, 0.2) is 12.8 Å². The number of esters is 1. The Morgan fingerprint density at radius 3 is 2.40 bits per heavy atom. The highest BCUT2D eigenvalue weighted by molar-refractivity contribution is 6.78. The molecule has 3 heteroatoms. The van der Waals surface area contributed by atoms with Crippen LogP contribution < -0.4 is 0 Å². The molecule has 0 N–H and O–H groups in total. The summed E-state index contributed by atoms with van der Waals surface area (Å²) in [5.74, 6) is -0.158. The number of carbonyl (C=O) groups is 1. The van der Waals surface area contributed by atoms with Gasteiger partial charge < -0.3 is 4.74 Å². The van der Waals surface area contributed by atoms with Gasteiger partial charge in [-0.05, 0) is 0 Å². The molecule has 10 heavy (non-hydrogen) atoms. The largest absolute Gasteiger partial charge is 0.435 e. The molecule has 0 spiro atoms. The van der Waals surface area contributed by atoms with E-state index in [-0.39, 0.29) is 5.97 Å². The summed E-state index contributed by atoms with van der Waals surface area (Å²) in [6.45, 7) is 9.67. The van der Waals surface area contributed by atoms with E-state index in [0.29, 0.717) is 6.04 Å². The van der Waals surface area contributed by atoms with E-state index in [1.54, 1.807) is 0 Å². The third-order valence-electron chi connectivity index (χ3n) is 0.889. The van der Waals surface area contributed by atoms with Gasteiger partial charge >= 0.3 is 5.97 Å². The lowest BCUT2D eigenvalue weighted by Crippen LogP contribution is -2.24. The highest BCUT2D eigenvalue weighted by Gasteiger charge is 2.18. The van der Waals surface area contributed by atoms with Crippen LogP contribution in [0, 0.1) is 0 Å². The molecule has 0 saturated heterocycles. The van der Waals surface area contributed by atoms with E-state index < -0.39 is 8.07 Å². The summed E-state index contributed by atoms with van der Waals surface area (Å²) >= 11 is 0. The predicted octanol–water partition coefficient (Wildman–Crippen LogP) is 2.01. The van der Waals surface area contributed by atoms with E-state index in [9.17, 15) is 4.79 Å². The number of hydrogen-bond acceptors (Lipinski definition) is 2. The normalized spacial score (nSPS) is 10.7. The first-order valence-electron chi connectivity index (χ1n) is 3.26. The Balaban J connectivity index is 3.68. The first kappa shape index (κ1) is 9.43. The van der Waals surface area contributed by atoms with Crippen LogP contribution in [0.25, 0.3) is 0 Å². The van der Waals surface area contributed by atoms with Gasteiger partial charge in [-0.15, -0.1) is 0 Å². The minimum absolute atomic E-state index is 0.158. The minimum Gasteiger partial charge on any atom is -0.435 e. The zero-order chi connectivity index (χ0) is 8.20. The van der Waals surface area contributed by atoms with Crippen molar-refractivity contribution in [3.8, 4) is 0 Å². The molecule has 0 fully saturated rings. The summed E-state index contributed by atoms with van der Waals surface area (Å²) in [4.78, 5) is 10.8. The van der Waals surface area contributed by atoms with Crippen molar-refractivity contribution >= 4 is 14.0 Å². The molecule has 0 aliphatic carbocycles. The fraction of sp³-hybridized carbons (Fsp3) is 0.571. The summed E-state index contributed by atoms with van der Waals surface area (Å²) in [5, 5.41) is 0. The Morgan fingerprint density at radius 1 is 1.60 bits per heavy atom. The van der Waals surface area contributed by atoms with Crippen LogP contribution in [0.2, 0.25) is 25.7 Å². The summed E-state index contributed by atoms with van der Waals surface area (Å²) in [6.07, 6.45) is 1.18. The maximum Gasteiger partial charge on any atom is 0.307 e. The first-order valence-corrected chi connectivity index (χ1v) is 6.97. The number of ether oxygens (including phenoxy) is 1. The zero-order valence-electron chi connectivity index (χ0n) is 6.81. The fourth-order valence-electron chi connectivity index (χ4n) is 0.568. The van der Waals surface area contributed by atoms with Crippen LogP contribution in [-0.4, -0.2) is 14.0 Å². The quantitative estimate of drug-likeness (QED) is 0.357. The van der Waals surface area contributed by atoms with E-state index in [0.717, 1.165) is 0 Å². The van der Waals surface area contributed by atoms with Gasteiger partial charge in [0.2, 0.25) is 0 Å². The van der Waals surface area contributed by atoms with Gasteiger partial charge in [-0.25, -0.2) is 0 Å². The van der Waals surface area contributed by atoms with Crippen molar-refractivity contribution in [2.45, 2.75) is 25.7 Å². The maximum absolute atomic E-state index is 10.8. The summed E-state index contributed by atoms with van der Waals surface area (Å²) in [7, 11) is -1.28. The monoisotopic (exact) mass is 158 g/mol. The lowest BCUT2D eigenvalue weighted by atomic mass is 10.8. The second kappa shape index (κ2) is 3.56. The van der Waals surface area contributed by atoms with Gasteiger partial charge in [0, 0.05) is 6.04 Å². The first-order chi connectivity index (χ1) is 4.45. The molecule has 0 atom stereocenters. The third-order valence-corrected chi connectivity index (χ3v) is 2.24. The summed E-state index contributed by atoms with van der Waals surface area (Å²) in [6, 6.07) is 0.568. The standard InChI is InChI=1S/C7H14O2Si/c1-5-9-7(8)6-10(2,3)4/h5H,1,6H2,2-4H3. The van der Waals surface area contributed by atoms with Crippen LogP contribution in [0.4, 0.5) is 0 Å². The van der Waals surface area contributed by atoms with Crippen molar-refractivity contribution in [2.75, 3.05) is 0 Å². The highest BCUT2D eigenvalue weighted by Crippen LogP contribution is 2.08. The maximum atomic E-state index is 10.8. The van der Waals surface area contributed by atoms with Gasteiger partial charge in [0.25, 0.3) is 0 Å². The smallest absolute Gasteiger partial charge is 0.307 e. The average molecular weight is 158 g/mol. The molecule has 0 amide bonds. The van der Waals surface area contributed by atoms with Gasteiger partial charge in [-0.3, -0.25) is 4.79 Å². The molecule has 0 aliphatic heterocycles. The Hall–Kier alpha value is -0.573. The molecule has 0 aromatic heterocycles. The second-order valence-corrected chi connectivity index (χ2v) is 8.87. The van der Waals surface area contributed by atoms with Crippen molar-refractivity contribution < 1.29 is 9.53 Å². The molecule has 0 saturated carbocycles. The van der Waals surface area contributed by atoms with E-state index >= 15 is 0 Å². The number of rotatable bonds is 3. The highest BCUT2D eigenvalue weighted by atomic mass is 28.3. The molecule has 0 heterocycles. The van der Waals surface area contributed by atoms with Crippen molar-refractivity contribution in [2.24, 2.45) is 0 Å². The summed E-state index contributed by atoms with van der Waals surface area (Å²) < 4.78 is 4.58. The lowest BCUT2D eigenvalue weighted by Gasteiger charge is -2.12. The number of carbonyl (C=O) groups excluding carboxylic acids is 1.